The summed E-state index contributed by atoms with van der Waals surface area (Å²) >= 11 is 0. The van der Waals surface area contributed by atoms with Gasteiger partial charge in [0.25, 0.3) is 0 Å². The van der Waals surface area contributed by atoms with E-state index in [1.54, 1.807) is 0 Å². The Balaban J connectivity index is 1.39. The van der Waals surface area contributed by atoms with Crippen LogP contribution in [0.2, 0.25) is 0 Å². The number of ether oxygens (including phenoxy) is 2. The Hall–Kier alpha value is -4.32. The number of hydrogen-bond acceptors (Lipinski definition) is 5. The molecule has 6 rings (SSSR count). The molecule has 156 valence electrons. The summed E-state index contributed by atoms with van der Waals surface area (Å²) in [5.41, 5.74) is 12.0. The third-order valence-corrected chi connectivity index (χ3v) is 5.73. The van der Waals surface area contributed by atoms with Gasteiger partial charge in [-0.25, -0.2) is 0 Å². The van der Waals surface area contributed by atoms with Crippen molar-refractivity contribution in [1.29, 1.82) is 0 Å². The van der Waals surface area contributed by atoms with Gasteiger partial charge in [-0.3, -0.25) is 10.1 Å². The highest BCUT2D eigenvalue weighted by atomic mass is 16.5. The van der Waals surface area contributed by atoms with Crippen LogP contribution in [0.15, 0.2) is 79.0 Å². The molecule has 0 bridgehead atoms. The van der Waals surface area contributed by atoms with E-state index >= 15 is 0 Å². The summed E-state index contributed by atoms with van der Waals surface area (Å²) in [4.78, 5) is 4.78. The molecule has 0 spiro atoms. The monoisotopic (exact) mass is 420 g/mol. The quantitative estimate of drug-likeness (QED) is 0.395. The second-order valence-corrected chi connectivity index (χ2v) is 7.74. The van der Waals surface area contributed by atoms with Crippen LogP contribution in [0.4, 0.5) is 5.82 Å². The van der Waals surface area contributed by atoms with Crippen molar-refractivity contribution in [2.75, 3.05) is 12.3 Å². The fraction of sp³-hybridized carbons (Fsp3) is 0.0769. The van der Waals surface area contributed by atoms with E-state index in [1.165, 1.54) is 5.56 Å². The van der Waals surface area contributed by atoms with Gasteiger partial charge in [-0.2, -0.15) is 5.10 Å². The Morgan fingerprint density at radius 2 is 1.69 bits per heavy atom. The van der Waals surface area contributed by atoms with Gasteiger partial charge < -0.3 is 15.2 Å². The number of nitrogens with one attached hydrogen (secondary N) is 1. The average molecular weight is 420 g/mol. The number of nitrogen functional groups attached to an aromatic ring is 1. The van der Waals surface area contributed by atoms with Crippen LogP contribution < -0.4 is 15.2 Å². The SMILES string of the molecule is Nc1n[nH]c2c(-c3ccc4c(c3)CCO4)ncc(-c3ccc(Oc4ccccc4)cc3)c12. The van der Waals surface area contributed by atoms with E-state index < -0.39 is 0 Å². The number of anilines is 1. The zero-order valence-electron chi connectivity index (χ0n) is 17.2. The van der Waals surface area contributed by atoms with Gasteiger partial charge in [0.2, 0.25) is 0 Å². The van der Waals surface area contributed by atoms with Crippen molar-refractivity contribution in [3.05, 3.63) is 84.6 Å². The third-order valence-electron chi connectivity index (χ3n) is 5.73. The lowest BCUT2D eigenvalue weighted by Crippen LogP contribution is -1.92. The molecule has 2 aromatic heterocycles. The molecule has 6 heteroatoms. The predicted octanol–water partition coefficient (Wildman–Crippen LogP) is 5.60. The van der Waals surface area contributed by atoms with Gasteiger partial charge in [0.15, 0.2) is 5.82 Å². The van der Waals surface area contributed by atoms with Crippen molar-refractivity contribution in [3.63, 3.8) is 0 Å². The molecule has 0 radical (unpaired) electrons. The molecular weight excluding hydrogens is 400 g/mol. The molecule has 3 N–H and O–H groups in total. The minimum Gasteiger partial charge on any atom is -0.493 e. The molecule has 5 aromatic rings. The Kier molecular flexibility index (Phi) is 4.28. The highest BCUT2D eigenvalue weighted by Gasteiger charge is 2.18. The molecule has 1 aliphatic heterocycles. The number of aromatic nitrogens is 3. The van der Waals surface area contributed by atoms with Gasteiger partial charge in [0.1, 0.15) is 17.2 Å². The number of nitrogens with two attached hydrogens (primary N) is 1. The van der Waals surface area contributed by atoms with Gasteiger partial charge in [0, 0.05) is 23.7 Å². The number of nitrogens with zero attached hydrogens (tertiary/aromatic N) is 2. The van der Waals surface area contributed by atoms with Gasteiger partial charge >= 0.3 is 0 Å². The molecule has 0 fully saturated rings. The number of H-pyrrole nitrogens is 1. The van der Waals surface area contributed by atoms with Crippen LogP contribution in [0.5, 0.6) is 17.2 Å². The maximum Gasteiger partial charge on any atom is 0.153 e. The smallest absolute Gasteiger partial charge is 0.153 e. The number of pyridine rings is 1. The Labute approximate surface area is 184 Å². The van der Waals surface area contributed by atoms with E-state index in [0.29, 0.717) is 5.82 Å². The second kappa shape index (κ2) is 7.42. The lowest BCUT2D eigenvalue weighted by Gasteiger charge is -2.10. The second-order valence-electron chi connectivity index (χ2n) is 7.74. The van der Waals surface area contributed by atoms with Crippen molar-refractivity contribution < 1.29 is 9.47 Å². The molecule has 0 saturated carbocycles. The van der Waals surface area contributed by atoms with E-state index in [-0.39, 0.29) is 0 Å². The zero-order chi connectivity index (χ0) is 21.5. The number of hydrogen-bond donors (Lipinski definition) is 2. The van der Waals surface area contributed by atoms with Crippen molar-refractivity contribution in [2.24, 2.45) is 0 Å². The summed E-state index contributed by atoms with van der Waals surface area (Å²) in [7, 11) is 0. The van der Waals surface area contributed by atoms with E-state index in [4.69, 9.17) is 20.2 Å². The summed E-state index contributed by atoms with van der Waals surface area (Å²) in [6, 6.07) is 23.8. The fourth-order valence-corrected chi connectivity index (χ4v) is 4.16. The molecule has 32 heavy (non-hydrogen) atoms. The van der Waals surface area contributed by atoms with E-state index in [2.05, 4.69) is 16.3 Å². The first-order valence-corrected chi connectivity index (χ1v) is 10.5. The lowest BCUT2D eigenvalue weighted by molar-refractivity contribution is 0.357. The van der Waals surface area contributed by atoms with Crippen LogP contribution in [0.3, 0.4) is 0 Å². The molecular formula is C26H20N4O2. The largest absolute Gasteiger partial charge is 0.493 e. The minimum atomic E-state index is 0.452. The number of aromatic amines is 1. The number of fused-ring (bicyclic) bond motifs is 2. The highest BCUT2D eigenvalue weighted by molar-refractivity contribution is 6.06. The summed E-state index contributed by atoms with van der Waals surface area (Å²) < 4.78 is 11.5. The molecule has 3 heterocycles. The van der Waals surface area contributed by atoms with Gasteiger partial charge in [-0.1, -0.05) is 30.3 Å². The lowest BCUT2D eigenvalue weighted by atomic mass is 9.99. The Morgan fingerprint density at radius 1 is 0.906 bits per heavy atom. The first-order valence-electron chi connectivity index (χ1n) is 10.5. The number of para-hydroxylation sites is 1. The van der Waals surface area contributed by atoms with Gasteiger partial charge in [-0.05, 0) is 53.6 Å². The van der Waals surface area contributed by atoms with Gasteiger partial charge in [0.05, 0.1) is 23.2 Å². The molecule has 0 aliphatic carbocycles. The fourth-order valence-electron chi connectivity index (χ4n) is 4.16. The van der Waals surface area contributed by atoms with Crippen LogP contribution in [-0.4, -0.2) is 21.8 Å². The molecule has 0 atom stereocenters. The van der Waals surface area contributed by atoms with E-state index in [1.807, 2.05) is 72.9 Å². The van der Waals surface area contributed by atoms with Crippen LogP contribution in [0.1, 0.15) is 5.56 Å². The Morgan fingerprint density at radius 3 is 2.53 bits per heavy atom. The topological polar surface area (TPSA) is 86.0 Å². The molecule has 0 amide bonds. The van der Waals surface area contributed by atoms with Crippen LogP contribution in [-0.2, 0) is 6.42 Å². The highest BCUT2D eigenvalue weighted by Crippen LogP contribution is 2.38. The molecule has 0 unspecified atom stereocenters. The maximum absolute atomic E-state index is 6.27. The van der Waals surface area contributed by atoms with Crippen molar-refractivity contribution in [3.8, 4) is 39.6 Å². The average Bonchev–Trinajstić information content (AvgIpc) is 3.46. The van der Waals surface area contributed by atoms with Crippen molar-refractivity contribution in [2.45, 2.75) is 6.42 Å². The van der Waals surface area contributed by atoms with Crippen molar-refractivity contribution in [1.82, 2.24) is 15.2 Å². The number of benzene rings is 3. The van der Waals surface area contributed by atoms with Crippen LogP contribution >= 0.6 is 0 Å². The predicted molar refractivity (Wildman–Crippen MR) is 125 cm³/mol. The first kappa shape index (κ1) is 18.4. The molecule has 6 nitrogen and oxygen atoms in total. The summed E-state index contributed by atoms with van der Waals surface area (Å²) in [5, 5.41) is 8.23. The first-order chi connectivity index (χ1) is 15.8. The maximum atomic E-state index is 6.27. The normalized spacial score (nSPS) is 12.5. The van der Waals surface area contributed by atoms with E-state index in [0.717, 1.165) is 63.6 Å². The van der Waals surface area contributed by atoms with E-state index in [9.17, 15) is 0 Å². The third kappa shape index (κ3) is 3.13. The summed E-state index contributed by atoms with van der Waals surface area (Å²) in [6.45, 7) is 0.724. The standard InChI is InChI=1S/C26H20N4O2/c27-26-23-21(16-6-9-20(10-7-16)32-19-4-2-1-3-5-19)15-28-24(25(23)29-30-26)18-8-11-22-17(14-18)12-13-31-22/h1-11,14-15H,12-13H2,(H3,27,29,30). The molecule has 1 aliphatic rings. The zero-order valence-corrected chi connectivity index (χ0v) is 17.2. The minimum absolute atomic E-state index is 0.452. The summed E-state index contributed by atoms with van der Waals surface area (Å²) in [5.74, 6) is 2.96. The van der Waals surface area contributed by atoms with Crippen LogP contribution in [0.25, 0.3) is 33.3 Å². The van der Waals surface area contributed by atoms with Crippen LogP contribution in [0, 0.1) is 0 Å². The summed E-state index contributed by atoms with van der Waals surface area (Å²) in [6.07, 6.45) is 2.77. The molecule has 3 aromatic carbocycles. The van der Waals surface area contributed by atoms with Crippen molar-refractivity contribution >= 4 is 16.7 Å². The Bertz CT molecular complexity index is 1430. The molecule has 0 saturated heterocycles. The number of rotatable bonds is 4. The van der Waals surface area contributed by atoms with Gasteiger partial charge in [-0.15, -0.1) is 0 Å².